The van der Waals surface area contributed by atoms with Crippen molar-refractivity contribution in [1.82, 2.24) is 0 Å². The third kappa shape index (κ3) is 5.52. The molecule has 1 aliphatic rings. The molecular weight excluding hydrogens is 452 g/mol. The predicted molar refractivity (Wildman–Crippen MR) is 119 cm³/mol. The number of hydrogen-bond donors (Lipinski definition) is 2. The summed E-state index contributed by atoms with van der Waals surface area (Å²) in [5.41, 5.74) is 1.51. The minimum Gasteiger partial charge on any atom is -0.493 e. The SMILES string of the molecule is CCCCOc1ccc(N2CCOCC2)cc1C(=O)Nc1cc(Br)ccc1C(=O)O. The van der Waals surface area contributed by atoms with Gasteiger partial charge in [-0.1, -0.05) is 29.3 Å². The summed E-state index contributed by atoms with van der Waals surface area (Å²) < 4.78 is 11.9. The highest BCUT2D eigenvalue weighted by atomic mass is 79.9. The van der Waals surface area contributed by atoms with Crippen molar-refractivity contribution in [3.05, 3.63) is 52.0 Å². The molecule has 0 aromatic heterocycles. The van der Waals surface area contributed by atoms with Crippen LogP contribution in [0, 0.1) is 0 Å². The number of rotatable bonds is 8. The van der Waals surface area contributed by atoms with Crippen molar-refractivity contribution >= 4 is 39.2 Å². The summed E-state index contributed by atoms with van der Waals surface area (Å²) in [5, 5.41) is 12.2. The maximum Gasteiger partial charge on any atom is 0.337 e. The number of carbonyl (C=O) groups is 2. The lowest BCUT2D eigenvalue weighted by molar-refractivity contribution is 0.0698. The quantitative estimate of drug-likeness (QED) is 0.548. The highest BCUT2D eigenvalue weighted by molar-refractivity contribution is 9.10. The monoisotopic (exact) mass is 476 g/mol. The van der Waals surface area contributed by atoms with Crippen molar-refractivity contribution in [3.8, 4) is 5.75 Å². The number of aromatic carboxylic acids is 1. The molecule has 2 aromatic rings. The number of nitrogens with zero attached hydrogens (tertiary/aromatic N) is 1. The van der Waals surface area contributed by atoms with Gasteiger partial charge in [0.2, 0.25) is 0 Å². The fourth-order valence-electron chi connectivity index (χ4n) is 3.16. The van der Waals surface area contributed by atoms with Crippen LogP contribution in [0.4, 0.5) is 11.4 Å². The first kappa shape index (κ1) is 22.1. The summed E-state index contributed by atoms with van der Waals surface area (Å²) in [6.45, 7) is 5.33. The molecule has 160 valence electrons. The van der Waals surface area contributed by atoms with Crippen LogP contribution in [0.25, 0.3) is 0 Å². The Morgan fingerprint density at radius 2 is 1.93 bits per heavy atom. The Balaban J connectivity index is 1.91. The molecule has 1 heterocycles. The Hall–Kier alpha value is -2.58. The molecule has 1 amide bonds. The average molecular weight is 477 g/mol. The molecule has 0 aliphatic carbocycles. The molecule has 30 heavy (non-hydrogen) atoms. The predicted octanol–water partition coefficient (Wildman–Crippen LogP) is 4.42. The zero-order chi connectivity index (χ0) is 21.5. The maximum atomic E-state index is 13.1. The summed E-state index contributed by atoms with van der Waals surface area (Å²) in [6.07, 6.45) is 1.86. The zero-order valence-corrected chi connectivity index (χ0v) is 18.4. The van der Waals surface area contributed by atoms with Crippen molar-refractivity contribution in [3.63, 3.8) is 0 Å². The van der Waals surface area contributed by atoms with Crippen molar-refractivity contribution < 1.29 is 24.2 Å². The van der Waals surface area contributed by atoms with Crippen molar-refractivity contribution in [2.45, 2.75) is 19.8 Å². The van der Waals surface area contributed by atoms with Crippen LogP contribution < -0.4 is 15.0 Å². The number of carbonyl (C=O) groups excluding carboxylic acids is 1. The Morgan fingerprint density at radius 3 is 2.63 bits per heavy atom. The van der Waals surface area contributed by atoms with E-state index in [1.807, 2.05) is 6.07 Å². The third-order valence-electron chi connectivity index (χ3n) is 4.80. The van der Waals surface area contributed by atoms with Crippen molar-refractivity contribution in [1.29, 1.82) is 0 Å². The van der Waals surface area contributed by atoms with E-state index >= 15 is 0 Å². The summed E-state index contributed by atoms with van der Waals surface area (Å²) in [5.74, 6) is -1.05. The molecule has 0 spiro atoms. The molecule has 0 saturated carbocycles. The van der Waals surface area contributed by atoms with Gasteiger partial charge in [0.05, 0.1) is 36.6 Å². The van der Waals surface area contributed by atoms with Crippen LogP contribution in [0.5, 0.6) is 5.75 Å². The second-order valence-electron chi connectivity index (χ2n) is 6.93. The van der Waals surface area contributed by atoms with Crippen LogP contribution in [0.1, 0.15) is 40.5 Å². The maximum absolute atomic E-state index is 13.1. The Morgan fingerprint density at radius 1 is 1.17 bits per heavy atom. The number of anilines is 2. The Labute approximate surface area is 184 Å². The third-order valence-corrected chi connectivity index (χ3v) is 5.29. The van der Waals surface area contributed by atoms with E-state index < -0.39 is 11.9 Å². The van der Waals surface area contributed by atoms with Crippen LogP contribution in [-0.2, 0) is 4.74 Å². The van der Waals surface area contributed by atoms with Gasteiger partial charge in [-0.15, -0.1) is 0 Å². The van der Waals surface area contributed by atoms with Gasteiger partial charge in [-0.2, -0.15) is 0 Å². The lowest BCUT2D eigenvalue weighted by atomic mass is 10.1. The number of amides is 1. The summed E-state index contributed by atoms with van der Waals surface area (Å²) in [6, 6.07) is 10.2. The molecular formula is C22H25BrN2O5. The molecule has 3 rings (SSSR count). The van der Waals surface area contributed by atoms with E-state index in [4.69, 9.17) is 9.47 Å². The summed E-state index contributed by atoms with van der Waals surface area (Å²) in [7, 11) is 0. The average Bonchev–Trinajstić information content (AvgIpc) is 2.74. The molecule has 1 saturated heterocycles. The summed E-state index contributed by atoms with van der Waals surface area (Å²) >= 11 is 3.32. The topological polar surface area (TPSA) is 88.1 Å². The highest BCUT2D eigenvalue weighted by Gasteiger charge is 2.20. The number of unbranched alkanes of at least 4 members (excludes halogenated alkanes) is 1. The molecule has 2 aromatic carbocycles. The van der Waals surface area contributed by atoms with Crippen LogP contribution in [-0.4, -0.2) is 49.9 Å². The Kier molecular flexibility index (Phi) is 7.70. The van der Waals surface area contributed by atoms with Crippen LogP contribution in [0.2, 0.25) is 0 Å². The number of carboxylic acid groups (broad SMARTS) is 1. The van der Waals surface area contributed by atoms with E-state index in [9.17, 15) is 14.7 Å². The molecule has 0 radical (unpaired) electrons. The van der Waals surface area contributed by atoms with Gasteiger partial charge >= 0.3 is 5.97 Å². The van der Waals surface area contributed by atoms with E-state index in [1.54, 1.807) is 24.3 Å². The molecule has 8 heteroatoms. The summed E-state index contributed by atoms with van der Waals surface area (Å²) in [4.78, 5) is 26.8. The van der Waals surface area contributed by atoms with Gasteiger partial charge in [-0.25, -0.2) is 4.79 Å². The molecule has 1 fully saturated rings. The smallest absolute Gasteiger partial charge is 0.337 e. The number of benzene rings is 2. The largest absolute Gasteiger partial charge is 0.493 e. The first-order valence-corrected chi connectivity index (χ1v) is 10.7. The first-order valence-electron chi connectivity index (χ1n) is 9.93. The molecule has 2 N–H and O–H groups in total. The van der Waals surface area contributed by atoms with Gasteiger partial charge in [0.15, 0.2) is 0 Å². The van der Waals surface area contributed by atoms with Crippen LogP contribution in [0.3, 0.4) is 0 Å². The second kappa shape index (κ2) is 10.4. The van der Waals surface area contributed by atoms with Crippen molar-refractivity contribution in [2.24, 2.45) is 0 Å². The first-order chi connectivity index (χ1) is 14.5. The van der Waals surface area contributed by atoms with Gasteiger partial charge < -0.3 is 24.8 Å². The second-order valence-corrected chi connectivity index (χ2v) is 7.85. The fraction of sp³-hybridized carbons (Fsp3) is 0.364. The molecule has 0 unspecified atom stereocenters. The molecule has 0 bridgehead atoms. The van der Waals surface area contributed by atoms with Gasteiger partial charge in [0, 0.05) is 23.2 Å². The molecule has 0 atom stereocenters. The fourth-order valence-corrected chi connectivity index (χ4v) is 3.52. The van der Waals surface area contributed by atoms with E-state index in [1.165, 1.54) is 6.07 Å². The van der Waals surface area contributed by atoms with Crippen molar-refractivity contribution in [2.75, 3.05) is 43.1 Å². The van der Waals surface area contributed by atoms with E-state index in [-0.39, 0.29) is 11.3 Å². The van der Waals surface area contributed by atoms with Gasteiger partial charge in [0.25, 0.3) is 5.91 Å². The van der Waals surface area contributed by atoms with E-state index in [0.29, 0.717) is 35.6 Å². The number of morpholine rings is 1. The molecule has 7 nitrogen and oxygen atoms in total. The Bertz CT molecular complexity index is 912. The van der Waals surface area contributed by atoms with Gasteiger partial charge in [-0.3, -0.25) is 4.79 Å². The lowest BCUT2D eigenvalue weighted by Gasteiger charge is -2.29. The normalized spacial score (nSPS) is 13.7. The number of halogens is 1. The number of ether oxygens (including phenoxy) is 2. The lowest BCUT2D eigenvalue weighted by Crippen LogP contribution is -2.36. The van der Waals surface area contributed by atoms with E-state index in [0.717, 1.165) is 31.6 Å². The van der Waals surface area contributed by atoms with Gasteiger partial charge in [0.1, 0.15) is 5.75 Å². The van der Waals surface area contributed by atoms with E-state index in [2.05, 4.69) is 33.1 Å². The number of nitrogens with one attached hydrogen (secondary N) is 1. The highest BCUT2D eigenvalue weighted by Crippen LogP contribution is 2.28. The number of hydrogen-bond acceptors (Lipinski definition) is 5. The van der Waals surface area contributed by atoms with Crippen LogP contribution >= 0.6 is 15.9 Å². The molecule has 1 aliphatic heterocycles. The number of carboxylic acids is 1. The minimum absolute atomic E-state index is 0.0179. The zero-order valence-electron chi connectivity index (χ0n) is 16.8. The van der Waals surface area contributed by atoms with Crippen LogP contribution in [0.15, 0.2) is 40.9 Å². The standard InChI is InChI=1S/C22H25BrN2O5/c1-2-3-10-30-20-7-5-16(25-8-11-29-12-9-25)14-18(20)21(26)24-19-13-15(23)4-6-17(19)22(27)28/h4-7,13-14H,2-3,8-12H2,1H3,(H,24,26)(H,27,28). The minimum atomic E-state index is -1.11. The van der Waals surface area contributed by atoms with Gasteiger partial charge in [-0.05, 0) is 42.8 Å².